The van der Waals surface area contributed by atoms with Crippen LogP contribution in [-0.2, 0) is 9.59 Å². The number of alkyl halides is 3. The molecule has 1 aliphatic rings. The van der Waals surface area contributed by atoms with Crippen LogP contribution in [0.15, 0.2) is 31.4 Å². The number of carbonyl (C=O) groups is 2. The highest BCUT2D eigenvalue weighted by molar-refractivity contribution is 5.89. The zero-order valence-corrected chi connectivity index (χ0v) is 23.3. The standard InChI is InChI=1S/C12H20F3N3O2.C11H12.2C2H6.C2H2/c1-8(16)11(20)18-7-3-2-4-9(18)10(19)17-6-5-12(13,14)15;1-4-10-7-6-9(3)8-11(10)5-2;3*1-2/h8-9H,2-7,16H2,1H3,(H,17,19);4-8H,1-2H2,3H3;2*1-2H3;1-2H/t8-,9-;;;;/m0..../s1. The summed E-state index contributed by atoms with van der Waals surface area (Å²) in [5.41, 5.74) is 9.07. The molecule has 0 spiro atoms. The van der Waals surface area contributed by atoms with Gasteiger partial charge in [-0.2, -0.15) is 13.2 Å². The molecule has 0 saturated carbocycles. The number of benzene rings is 1. The molecular formula is C29H46F3N3O2. The third-order valence-electron chi connectivity index (χ3n) is 4.87. The predicted molar refractivity (Wildman–Crippen MR) is 151 cm³/mol. The van der Waals surface area contributed by atoms with Crippen molar-refractivity contribution >= 4 is 24.0 Å². The summed E-state index contributed by atoms with van der Waals surface area (Å²) in [6.07, 6.45) is 8.30. The second-order valence-corrected chi connectivity index (χ2v) is 7.53. The van der Waals surface area contributed by atoms with Gasteiger partial charge < -0.3 is 16.0 Å². The topological polar surface area (TPSA) is 75.4 Å². The van der Waals surface area contributed by atoms with Crippen LogP contribution in [0, 0.1) is 19.8 Å². The molecule has 1 aromatic carbocycles. The van der Waals surface area contributed by atoms with Gasteiger partial charge in [-0.1, -0.05) is 76.8 Å². The summed E-state index contributed by atoms with van der Waals surface area (Å²) >= 11 is 0. The molecule has 1 heterocycles. The summed E-state index contributed by atoms with van der Waals surface area (Å²) in [5, 5.41) is 2.24. The molecule has 1 aliphatic heterocycles. The SMILES string of the molecule is C#C.C=Cc1ccc(C)cc1C=C.CC.CC.C[C@H](N)C(=O)N1CCCC[C@H]1C(=O)NCCC(F)(F)F. The first-order valence-electron chi connectivity index (χ1n) is 12.6. The van der Waals surface area contributed by atoms with E-state index in [1.165, 1.54) is 17.4 Å². The van der Waals surface area contributed by atoms with E-state index in [1.807, 2.05) is 39.8 Å². The van der Waals surface area contributed by atoms with Crippen molar-refractivity contribution in [3.63, 3.8) is 0 Å². The fourth-order valence-corrected chi connectivity index (χ4v) is 3.23. The molecule has 5 nitrogen and oxygen atoms in total. The first-order chi connectivity index (χ1) is 17.5. The fourth-order valence-electron chi connectivity index (χ4n) is 3.23. The van der Waals surface area contributed by atoms with E-state index < -0.39 is 37.1 Å². The minimum Gasteiger partial charge on any atom is -0.354 e. The van der Waals surface area contributed by atoms with Gasteiger partial charge in [0.2, 0.25) is 11.8 Å². The van der Waals surface area contributed by atoms with Gasteiger partial charge >= 0.3 is 6.18 Å². The van der Waals surface area contributed by atoms with Crippen LogP contribution >= 0.6 is 0 Å². The highest BCUT2D eigenvalue weighted by atomic mass is 19.4. The minimum absolute atomic E-state index is 0.347. The van der Waals surface area contributed by atoms with Crippen molar-refractivity contribution in [1.29, 1.82) is 0 Å². The average molecular weight is 526 g/mol. The second kappa shape index (κ2) is 22.2. The van der Waals surface area contributed by atoms with E-state index in [0.717, 1.165) is 24.0 Å². The van der Waals surface area contributed by atoms with Gasteiger partial charge in [0.15, 0.2) is 0 Å². The van der Waals surface area contributed by atoms with Crippen LogP contribution in [0.3, 0.4) is 0 Å². The predicted octanol–water partition coefficient (Wildman–Crippen LogP) is 6.37. The zero-order chi connectivity index (χ0) is 29.6. The molecular weight excluding hydrogens is 479 g/mol. The Labute approximate surface area is 222 Å². The van der Waals surface area contributed by atoms with Crippen LogP contribution in [0.2, 0.25) is 0 Å². The number of likely N-dealkylation sites (tertiary alicyclic amines) is 1. The molecule has 2 amide bonds. The number of rotatable bonds is 6. The summed E-state index contributed by atoms with van der Waals surface area (Å²) < 4.78 is 36.1. The molecule has 2 atom stereocenters. The quantitative estimate of drug-likeness (QED) is 0.424. The molecule has 37 heavy (non-hydrogen) atoms. The molecule has 0 radical (unpaired) electrons. The van der Waals surface area contributed by atoms with E-state index in [4.69, 9.17) is 5.73 Å². The van der Waals surface area contributed by atoms with Crippen molar-refractivity contribution in [2.24, 2.45) is 5.73 Å². The fraction of sp³-hybridized carbons (Fsp3) is 0.517. The summed E-state index contributed by atoms with van der Waals surface area (Å²) in [5.74, 6) is -0.886. The number of hydrogen-bond acceptors (Lipinski definition) is 3. The summed E-state index contributed by atoms with van der Waals surface area (Å²) in [6.45, 7) is 19.0. The highest BCUT2D eigenvalue weighted by Gasteiger charge is 2.34. The van der Waals surface area contributed by atoms with Gasteiger partial charge in [0, 0.05) is 13.1 Å². The van der Waals surface area contributed by atoms with Gasteiger partial charge in [-0.3, -0.25) is 9.59 Å². The molecule has 210 valence electrons. The van der Waals surface area contributed by atoms with Crippen LogP contribution in [-0.4, -0.2) is 48.1 Å². The van der Waals surface area contributed by atoms with Crippen LogP contribution in [0.4, 0.5) is 13.2 Å². The molecule has 0 unspecified atom stereocenters. The van der Waals surface area contributed by atoms with E-state index in [-0.39, 0.29) is 5.91 Å². The number of piperidine rings is 1. The maximum Gasteiger partial charge on any atom is 0.390 e. The number of carbonyl (C=O) groups excluding carboxylic acids is 2. The Kier molecular flexibility index (Phi) is 23.1. The molecule has 0 aromatic heterocycles. The minimum atomic E-state index is -4.30. The maximum atomic E-state index is 12.0. The molecule has 8 heteroatoms. The number of hydrogen-bond donors (Lipinski definition) is 2. The molecule has 1 aromatic rings. The number of terminal acetylenes is 1. The van der Waals surface area contributed by atoms with Gasteiger partial charge in [-0.15, -0.1) is 12.8 Å². The molecule has 0 bridgehead atoms. The van der Waals surface area contributed by atoms with E-state index >= 15 is 0 Å². The Morgan fingerprint density at radius 1 is 1.14 bits per heavy atom. The number of nitrogens with one attached hydrogen (secondary N) is 1. The van der Waals surface area contributed by atoms with Crippen LogP contribution in [0.25, 0.3) is 12.2 Å². The molecule has 2 rings (SSSR count). The Morgan fingerprint density at radius 3 is 2.14 bits per heavy atom. The smallest absolute Gasteiger partial charge is 0.354 e. The number of nitrogens with zero attached hydrogens (tertiary/aromatic N) is 1. The number of halogens is 3. The van der Waals surface area contributed by atoms with Gasteiger partial charge in [-0.25, -0.2) is 0 Å². The monoisotopic (exact) mass is 525 g/mol. The van der Waals surface area contributed by atoms with Crippen molar-refractivity contribution in [2.45, 2.75) is 85.5 Å². The lowest BCUT2D eigenvalue weighted by molar-refractivity contribution is -0.145. The van der Waals surface area contributed by atoms with Gasteiger partial charge in [0.25, 0.3) is 0 Å². The highest BCUT2D eigenvalue weighted by Crippen LogP contribution is 2.20. The molecule has 1 saturated heterocycles. The normalized spacial score (nSPS) is 14.7. The molecule has 3 N–H and O–H groups in total. The number of aryl methyl sites for hydroxylation is 1. The third kappa shape index (κ3) is 16.3. The summed E-state index contributed by atoms with van der Waals surface area (Å²) in [4.78, 5) is 25.2. The lowest BCUT2D eigenvalue weighted by Crippen LogP contribution is -2.55. The first-order valence-corrected chi connectivity index (χ1v) is 12.6. The van der Waals surface area contributed by atoms with Gasteiger partial charge in [0.05, 0.1) is 12.5 Å². The Hall–Kier alpha value is -3.05. The van der Waals surface area contributed by atoms with E-state index in [9.17, 15) is 22.8 Å². The van der Waals surface area contributed by atoms with Crippen molar-refractivity contribution < 1.29 is 22.8 Å². The van der Waals surface area contributed by atoms with Gasteiger partial charge in [0.1, 0.15) is 6.04 Å². The number of nitrogens with two attached hydrogens (primary N) is 1. The van der Waals surface area contributed by atoms with Crippen molar-refractivity contribution in [2.75, 3.05) is 13.1 Å². The van der Waals surface area contributed by atoms with Crippen LogP contribution < -0.4 is 11.1 Å². The van der Waals surface area contributed by atoms with E-state index in [0.29, 0.717) is 13.0 Å². The Bertz CT molecular complexity index is 818. The maximum absolute atomic E-state index is 12.0. The van der Waals surface area contributed by atoms with Crippen molar-refractivity contribution in [1.82, 2.24) is 10.2 Å². The second-order valence-electron chi connectivity index (χ2n) is 7.53. The van der Waals surface area contributed by atoms with Gasteiger partial charge in [-0.05, 0) is 44.2 Å². The van der Waals surface area contributed by atoms with Crippen molar-refractivity contribution in [3.8, 4) is 12.8 Å². The average Bonchev–Trinajstić information content (AvgIpc) is 2.91. The van der Waals surface area contributed by atoms with E-state index in [1.54, 1.807) is 0 Å². The molecule has 1 fully saturated rings. The Morgan fingerprint density at radius 2 is 1.68 bits per heavy atom. The molecule has 0 aliphatic carbocycles. The summed E-state index contributed by atoms with van der Waals surface area (Å²) in [7, 11) is 0. The van der Waals surface area contributed by atoms with Crippen molar-refractivity contribution in [3.05, 3.63) is 48.0 Å². The first kappa shape index (κ1) is 38.5. The summed E-state index contributed by atoms with van der Waals surface area (Å²) in [6, 6.07) is 4.79. The van der Waals surface area contributed by atoms with Crippen LogP contribution in [0.1, 0.15) is 77.0 Å². The lowest BCUT2D eigenvalue weighted by atomic mass is 10.0. The third-order valence-corrected chi connectivity index (χ3v) is 4.87. The Balaban J connectivity index is -0.000000573. The number of amides is 2. The lowest BCUT2D eigenvalue weighted by Gasteiger charge is -2.35. The zero-order valence-electron chi connectivity index (χ0n) is 23.3. The van der Waals surface area contributed by atoms with E-state index in [2.05, 4.69) is 56.4 Å². The largest absolute Gasteiger partial charge is 0.390 e. The van der Waals surface area contributed by atoms with Crippen LogP contribution in [0.5, 0.6) is 0 Å².